The van der Waals surface area contributed by atoms with Crippen molar-refractivity contribution in [3.05, 3.63) is 99.2 Å². The Hall–Kier alpha value is -4.05. The van der Waals surface area contributed by atoms with E-state index in [0.29, 0.717) is 22.2 Å². The zero-order chi connectivity index (χ0) is 25.6. The van der Waals surface area contributed by atoms with E-state index >= 15 is 0 Å². The molecular weight excluding hydrogens is 473 g/mol. The Morgan fingerprint density at radius 3 is 2.58 bits per heavy atom. The molecule has 0 radical (unpaired) electrons. The van der Waals surface area contributed by atoms with Crippen LogP contribution < -0.4 is 10.9 Å². The van der Waals surface area contributed by atoms with Gasteiger partial charge >= 0.3 is 6.18 Å². The second-order valence-electron chi connectivity index (χ2n) is 8.58. The quantitative estimate of drug-likeness (QED) is 0.437. The number of carbonyl (C=O) groups is 1. The largest absolute Gasteiger partial charge is 0.416 e. The average Bonchev–Trinajstić information content (AvgIpc) is 3.26. The molecule has 1 aliphatic rings. The Bertz CT molecular complexity index is 1520. The molecule has 1 unspecified atom stereocenters. The van der Waals surface area contributed by atoms with Gasteiger partial charge in [-0.25, -0.2) is 4.98 Å². The lowest BCUT2D eigenvalue weighted by Gasteiger charge is -2.16. The number of alkyl halides is 3. The number of halogens is 3. The van der Waals surface area contributed by atoms with Crippen molar-refractivity contribution in [3.8, 4) is 5.69 Å². The Morgan fingerprint density at radius 2 is 1.92 bits per heavy atom. The monoisotopic (exact) mass is 494 g/mol. The number of nitrogens with zero attached hydrogens (tertiary/aromatic N) is 3. The maximum absolute atomic E-state index is 13.4. The van der Waals surface area contributed by atoms with E-state index in [1.165, 1.54) is 22.9 Å². The van der Waals surface area contributed by atoms with Crippen molar-refractivity contribution >= 4 is 16.9 Å². The Labute approximate surface area is 203 Å². The van der Waals surface area contributed by atoms with Crippen molar-refractivity contribution < 1.29 is 22.7 Å². The molecule has 36 heavy (non-hydrogen) atoms. The van der Waals surface area contributed by atoms with Crippen LogP contribution in [0.1, 0.15) is 58.7 Å². The van der Waals surface area contributed by atoms with Crippen LogP contribution in [0.3, 0.4) is 0 Å². The Balaban J connectivity index is 1.61. The first-order chi connectivity index (χ1) is 17.1. The molecular formula is C26H21F3N4O3. The predicted octanol–water partition coefficient (Wildman–Crippen LogP) is 4.88. The predicted molar refractivity (Wildman–Crippen MR) is 126 cm³/mol. The van der Waals surface area contributed by atoms with Crippen molar-refractivity contribution in [1.29, 1.82) is 0 Å². The third-order valence-corrected chi connectivity index (χ3v) is 6.24. The van der Waals surface area contributed by atoms with E-state index in [1.807, 2.05) is 13.0 Å². The SMILES string of the molecule is CC1OCc2c1c(=O)n(-c1ccc(C(F)(F)F)cc1)c1ncc(C(=O)N[C@@H](C)c3ccccn3)cc21. The Kier molecular flexibility index (Phi) is 5.83. The summed E-state index contributed by atoms with van der Waals surface area (Å²) >= 11 is 0. The molecule has 0 bridgehead atoms. The maximum atomic E-state index is 13.4. The van der Waals surface area contributed by atoms with Crippen LogP contribution in [0.4, 0.5) is 13.2 Å². The first kappa shape index (κ1) is 23.7. The zero-order valence-corrected chi connectivity index (χ0v) is 19.3. The molecule has 7 nitrogen and oxygen atoms in total. The molecule has 4 heterocycles. The van der Waals surface area contributed by atoms with E-state index in [0.717, 1.165) is 12.1 Å². The van der Waals surface area contributed by atoms with Gasteiger partial charge in [-0.1, -0.05) is 6.07 Å². The van der Waals surface area contributed by atoms with E-state index in [9.17, 15) is 22.8 Å². The van der Waals surface area contributed by atoms with E-state index in [-0.39, 0.29) is 35.5 Å². The first-order valence-corrected chi connectivity index (χ1v) is 11.2. The molecule has 0 fully saturated rings. The highest BCUT2D eigenvalue weighted by molar-refractivity contribution is 5.98. The van der Waals surface area contributed by atoms with Crippen LogP contribution in [-0.4, -0.2) is 20.4 Å². The summed E-state index contributed by atoms with van der Waals surface area (Å²) in [5.41, 5.74) is 1.18. The van der Waals surface area contributed by atoms with Gasteiger partial charge < -0.3 is 10.1 Å². The summed E-state index contributed by atoms with van der Waals surface area (Å²) in [6.45, 7) is 3.70. The number of carbonyl (C=O) groups excluding carboxylic acids is 1. The minimum absolute atomic E-state index is 0.160. The lowest BCUT2D eigenvalue weighted by atomic mass is 10.0. The molecule has 3 aromatic heterocycles. The summed E-state index contributed by atoms with van der Waals surface area (Å²) in [6, 6.07) is 11.0. The smallest absolute Gasteiger partial charge is 0.369 e. The van der Waals surface area contributed by atoms with Gasteiger partial charge in [0.15, 0.2) is 0 Å². The van der Waals surface area contributed by atoms with Crippen molar-refractivity contribution in [2.45, 2.75) is 38.8 Å². The Morgan fingerprint density at radius 1 is 1.17 bits per heavy atom. The molecule has 2 atom stereocenters. The molecule has 1 aromatic carbocycles. The van der Waals surface area contributed by atoms with Crippen LogP contribution in [0.25, 0.3) is 16.7 Å². The summed E-state index contributed by atoms with van der Waals surface area (Å²) in [5.74, 6) is -0.379. The van der Waals surface area contributed by atoms with Crippen molar-refractivity contribution in [1.82, 2.24) is 19.9 Å². The summed E-state index contributed by atoms with van der Waals surface area (Å²) in [7, 11) is 0. The fourth-order valence-corrected chi connectivity index (χ4v) is 4.36. The summed E-state index contributed by atoms with van der Waals surface area (Å²) in [5, 5.41) is 3.40. The van der Waals surface area contributed by atoms with Gasteiger partial charge in [-0.15, -0.1) is 0 Å². The lowest BCUT2D eigenvalue weighted by Crippen LogP contribution is -2.28. The lowest BCUT2D eigenvalue weighted by molar-refractivity contribution is -0.137. The van der Waals surface area contributed by atoms with E-state index < -0.39 is 23.4 Å². The van der Waals surface area contributed by atoms with Gasteiger partial charge in [-0.3, -0.25) is 19.1 Å². The molecule has 0 aliphatic carbocycles. The second-order valence-corrected chi connectivity index (χ2v) is 8.58. The third-order valence-electron chi connectivity index (χ3n) is 6.24. The van der Waals surface area contributed by atoms with Crippen molar-refractivity contribution in [3.63, 3.8) is 0 Å². The van der Waals surface area contributed by atoms with Crippen molar-refractivity contribution in [2.75, 3.05) is 0 Å². The molecule has 5 rings (SSSR count). The van der Waals surface area contributed by atoms with Gasteiger partial charge in [-0.2, -0.15) is 13.2 Å². The molecule has 1 amide bonds. The maximum Gasteiger partial charge on any atom is 0.416 e. The van der Waals surface area contributed by atoms with Crippen LogP contribution in [0.5, 0.6) is 0 Å². The van der Waals surface area contributed by atoms with Gasteiger partial charge in [0, 0.05) is 23.3 Å². The average molecular weight is 494 g/mol. The molecule has 0 saturated carbocycles. The normalized spacial score (nSPS) is 16.1. The van der Waals surface area contributed by atoms with Gasteiger partial charge in [0.1, 0.15) is 5.65 Å². The molecule has 4 aromatic rings. The van der Waals surface area contributed by atoms with Gasteiger partial charge in [0.2, 0.25) is 0 Å². The highest BCUT2D eigenvalue weighted by Gasteiger charge is 2.31. The number of hydrogen-bond acceptors (Lipinski definition) is 5. The number of benzene rings is 1. The molecule has 0 spiro atoms. The zero-order valence-electron chi connectivity index (χ0n) is 19.3. The standard InChI is InChI=1S/C26H21F3N4O3/c1-14(21-5-3-4-10-30-21)32-24(34)16-11-19-20-13-36-15(2)22(20)25(35)33(23(19)31-12-16)18-8-6-17(7-9-18)26(27,28)29/h3-12,14-15H,13H2,1-2H3,(H,32,34)/t14-,15?/m0/s1. The first-order valence-electron chi connectivity index (χ1n) is 11.2. The number of ether oxygens (including phenoxy) is 1. The number of rotatable bonds is 4. The van der Waals surface area contributed by atoms with Crippen LogP contribution in [-0.2, 0) is 17.5 Å². The summed E-state index contributed by atoms with van der Waals surface area (Å²) in [6.07, 6.45) is -2.03. The summed E-state index contributed by atoms with van der Waals surface area (Å²) < 4.78 is 46.1. The van der Waals surface area contributed by atoms with Crippen LogP contribution >= 0.6 is 0 Å². The van der Waals surface area contributed by atoms with Crippen LogP contribution in [0.2, 0.25) is 0 Å². The highest BCUT2D eigenvalue weighted by Crippen LogP contribution is 2.34. The fraction of sp³-hybridized carbons (Fsp3) is 0.231. The van der Waals surface area contributed by atoms with E-state index in [4.69, 9.17) is 4.74 Å². The van der Waals surface area contributed by atoms with Gasteiger partial charge in [-0.05, 0) is 56.3 Å². The highest BCUT2D eigenvalue weighted by atomic mass is 19.4. The molecule has 10 heteroatoms. The van der Waals surface area contributed by atoms with E-state index in [1.54, 1.807) is 31.3 Å². The number of nitrogens with one attached hydrogen (secondary N) is 1. The van der Waals surface area contributed by atoms with Gasteiger partial charge in [0.05, 0.1) is 46.8 Å². The minimum atomic E-state index is -4.50. The number of hydrogen-bond donors (Lipinski definition) is 1. The number of fused-ring (bicyclic) bond motifs is 3. The third kappa shape index (κ3) is 4.13. The number of pyridine rings is 3. The van der Waals surface area contributed by atoms with Crippen LogP contribution in [0, 0.1) is 0 Å². The van der Waals surface area contributed by atoms with E-state index in [2.05, 4.69) is 15.3 Å². The molecule has 1 N–H and O–H groups in total. The minimum Gasteiger partial charge on any atom is -0.369 e. The second kappa shape index (κ2) is 8.87. The number of amides is 1. The topological polar surface area (TPSA) is 86.1 Å². The van der Waals surface area contributed by atoms with Crippen LogP contribution in [0.15, 0.2) is 65.7 Å². The number of aromatic nitrogens is 3. The molecule has 184 valence electrons. The summed E-state index contributed by atoms with van der Waals surface area (Å²) in [4.78, 5) is 35.1. The molecule has 0 saturated heterocycles. The molecule has 1 aliphatic heterocycles. The van der Waals surface area contributed by atoms with Gasteiger partial charge in [0.25, 0.3) is 11.5 Å². The fourth-order valence-electron chi connectivity index (χ4n) is 4.36. The van der Waals surface area contributed by atoms with Crippen molar-refractivity contribution in [2.24, 2.45) is 0 Å².